The van der Waals surface area contributed by atoms with Crippen LogP contribution in [0.4, 0.5) is 4.39 Å². The smallest absolute Gasteiger partial charge is 0.124 e. The van der Waals surface area contributed by atoms with E-state index >= 15 is 0 Å². The van der Waals surface area contributed by atoms with Crippen LogP contribution in [0.15, 0.2) is 18.2 Å². The minimum Gasteiger partial charge on any atom is -0.320 e. The highest BCUT2D eigenvalue weighted by Crippen LogP contribution is 2.30. The molecule has 1 aromatic rings. The molecule has 0 saturated carbocycles. The van der Waals surface area contributed by atoms with Crippen LogP contribution in [0.25, 0.3) is 0 Å². The van der Waals surface area contributed by atoms with E-state index in [0.717, 1.165) is 24.2 Å². The minimum absolute atomic E-state index is 0.215. The largest absolute Gasteiger partial charge is 0.320 e. The molecule has 2 N–H and O–H groups in total. The van der Waals surface area contributed by atoms with Gasteiger partial charge in [0.2, 0.25) is 0 Å². The third-order valence-corrected chi connectivity index (χ3v) is 3.83. The maximum atomic E-state index is 13.3. The molecule has 102 valence electrons. The maximum absolute atomic E-state index is 13.3. The summed E-state index contributed by atoms with van der Waals surface area (Å²) in [6.45, 7) is 6.73. The molecule has 2 nitrogen and oxygen atoms in total. The Balaban J connectivity index is 2.24. The van der Waals surface area contributed by atoms with E-state index in [1.807, 2.05) is 6.07 Å². The second kappa shape index (κ2) is 5.73. The van der Waals surface area contributed by atoms with Crippen LogP contribution < -0.4 is 5.73 Å². The fraction of sp³-hybridized carbons (Fsp3) is 0.500. The highest BCUT2D eigenvalue weighted by Gasteiger charge is 2.31. The van der Waals surface area contributed by atoms with Gasteiger partial charge in [-0.1, -0.05) is 17.9 Å². The van der Waals surface area contributed by atoms with Gasteiger partial charge in [-0.05, 0) is 50.9 Å². The Hall–Kier alpha value is -1.37. The monoisotopic (exact) mass is 260 g/mol. The van der Waals surface area contributed by atoms with Gasteiger partial charge in [0.25, 0.3) is 0 Å². The summed E-state index contributed by atoms with van der Waals surface area (Å²) in [6.07, 6.45) is 2.43. The normalized spacial score (nSPS) is 18.1. The quantitative estimate of drug-likeness (QED) is 0.828. The van der Waals surface area contributed by atoms with E-state index in [1.54, 1.807) is 0 Å². The van der Waals surface area contributed by atoms with Gasteiger partial charge in [-0.2, -0.15) is 0 Å². The number of halogens is 1. The molecule has 1 aromatic carbocycles. The summed E-state index contributed by atoms with van der Waals surface area (Å²) in [7, 11) is 0. The Morgan fingerprint density at radius 3 is 2.84 bits per heavy atom. The lowest BCUT2D eigenvalue weighted by atomic mass is 10.0. The molecule has 0 radical (unpaired) electrons. The Morgan fingerprint density at radius 1 is 1.42 bits per heavy atom. The van der Waals surface area contributed by atoms with Gasteiger partial charge in [0.1, 0.15) is 5.82 Å². The van der Waals surface area contributed by atoms with E-state index in [0.29, 0.717) is 6.54 Å². The predicted molar refractivity (Wildman–Crippen MR) is 76.1 cm³/mol. The van der Waals surface area contributed by atoms with Gasteiger partial charge in [0, 0.05) is 17.6 Å². The minimum atomic E-state index is -0.245. The van der Waals surface area contributed by atoms with Crippen molar-refractivity contribution in [3.63, 3.8) is 0 Å². The molecule has 1 saturated heterocycles. The van der Waals surface area contributed by atoms with Gasteiger partial charge in [0.05, 0.1) is 6.54 Å². The zero-order valence-electron chi connectivity index (χ0n) is 11.7. The van der Waals surface area contributed by atoms with Gasteiger partial charge in [-0.25, -0.2) is 4.39 Å². The van der Waals surface area contributed by atoms with Crippen LogP contribution in [0.2, 0.25) is 0 Å². The van der Waals surface area contributed by atoms with Crippen LogP contribution in [-0.2, 0) is 6.54 Å². The van der Waals surface area contributed by atoms with Gasteiger partial charge in [0.15, 0.2) is 0 Å². The fourth-order valence-electron chi connectivity index (χ4n) is 2.61. The molecular weight excluding hydrogens is 239 g/mol. The second-order valence-electron chi connectivity index (χ2n) is 5.64. The molecule has 0 bridgehead atoms. The first-order valence-electron chi connectivity index (χ1n) is 6.75. The SMILES string of the molecule is CC1(C)CCCN1Cc1ccc(F)cc1C#CCN. The van der Waals surface area contributed by atoms with E-state index in [2.05, 4.69) is 30.6 Å². The van der Waals surface area contributed by atoms with Crippen LogP contribution >= 0.6 is 0 Å². The molecule has 0 amide bonds. The molecule has 3 heteroatoms. The summed E-state index contributed by atoms with van der Waals surface area (Å²) in [5, 5.41) is 0. The Kier molecular flexibility index (Phi) is 4.24. The van der Waals surface area contributed by atoms with Crippen molar-refractivity contribution in [1.29, 1.82) is 0 Å². The predicted octanol–water partition coefficient (Wildman–Crippen LogP) is 2.51. The summed E-state index contributed by atoms with van der Waals surface area (Å²) >= 11 is 0. The highest BCUT2D eigenvalue weighted by atomic mass is 19.1. The fourth-order valence-corrected chi connectivity index (χ4v) is 2.61. The van der Waals surface area contributed by atoms with Crippen LogP contribution in [0.1, 0.15) is 37.8 Å². The van der Waals surface area contributed by atoms with E-state index < -0.39 is 0 Å². The molecule has 2 rings (SSSR count). The van der Waals surface area contributed by atoms with Crippen molar-refractivity contribution in [2.75, 3.05) is 13.1 Å². The van der Waals surface area contributed by atoms with E-state index in [1.165, 1.54) is 25.0 Å². The van der Waals surface area contributed by atoms with Crippen LogP contribution in [0.3, 0.4) is 0 Å². The lowest BCUT2D eigenvalue weighted by Crippen LogP contribution is -2.37. The molecule has 1 heterocycles. The third-order valence-electron chi connectivity index (χ3n) is 3.83. The highest BCUT2D eigenvalue weighted by molar-refractivity contribution is 5.42. The molecule has 0 atom stereocenters. The first-order chi connectivity index (χ1) is 9.03. The second-order valence-corrected chi connectivity index (χ2v) is 5.64. The molecule has 1 aliphatic heterocycles. The number of nitrogens with two attached hydrogens (primary N) is 1. The van der Waals surface area contributed by atoms with Gasteiger partial charge in [-0.3, -0.25) is 4.90 Å². The van der Waals surface area contributed by atoms with Crippen molar-refractivity contribution >= 4 is 0 Å². The molecule has 0 aliphatic carbocycles. The van der Waals surface area contributed by atoms with Crippen molar-refractivity contribution in [2.24, 2.45) is 5.73 Å². The molecule has 0 aromatic heterocycles. The Bertz CT molecular complexity index is 511. The number of rotatable bonds is 2. The number of hydrogen-bond acceptors (Lipinski definition) is 2. The van der Waals surface area contributed by atoms with E-state index in [-0.39, 0.29) is 11.4 Å². The number of nitrogens with zero attached hydrogens (tertiary/aromatic N) is 1. The topological polar surface area (TPSA) is 29.3 Å². The zero-order valence-corrected chi connectivity index (χ0v) is 11.7. The number of likely N-dealkylation sites (tertiary alicyclic amines) is 1. The van der Waals surface area contributed by atoms with Crippen LogP contribution in [-0.4, -0.2) is 23.5 Å². The first-order valence-corrected chi connectivity index (χ1v) is 6.75. The number of hydrogen-bond donors (Lipinski definition) is 1. The standard InChI is InChI=1S/C16H21FN2/c1-16(2)8-4-10-19(16)12-14-6-7-15(17)11-13(14)5-3-9-18/h6-7,11H,4,8-10,12,18H2,1-2H3. The average Bonchev–Trinajstić information content (AvgIpc) is 2.69. The maximum Gasteiger partial charge on any atom is 0.124 e. The van der Waals surface area contributed by atoms with Crippen molar-refractivity contribution in [3.8, 4) is 11.8 Å². The first kappa shape index (κ1) is 14.0. The average molecular weight is 260 g/mol. The molecule has 0 unspecified atom stereocenters. The van der Waals surface area contributed by atoms with Gasteiger partial charge >= 0.3 is 0 Å². The summed E-state index contributed by atoms with van der Waals surface area (Å²) < 4.78 is 13.3. The van der Waals surface area contributed by atoms with Gasteiger partial charge in [-0.15, -0.1) is 0 Å². The van der Waals surface area contributed by atoms with Crippen molar-refractivity contribution < 1.29 is 4.39 Å². The number of benzene rings is 1. The van der Waals surface area contributed by atoms with Crippen molar-refractivity contribution in [1.82, 2.24) is 4.90 Å². The van der Waals surface area contributed by atoms with Crippen LogP contribution in [0.5, 0.6) is 0 Å². The molecule has 1 fully saturated rings. The summed E-state index contributed by atoms with van der Waals surface area (Å²) in [5.41, 5.74) is 7.45. The molecule has 0 spiro atoms. The van der Waals surface area contributed by atoms with E-state index in [4.69, 9.17) is 5.73 Å². The molecule has 1 aliphatic rings. The van der Waals surface area contributed by atoms with Crippen LogP contribution in [0, 0.1) is 17.7 Å². The van der Waals surface area contributed by atoms with Crippen molar-refractivity contribution in [2.45, 2.75) is 38.8 Å². The molecule has 19 heavy (non-hydrogen) atoms. The summed E-state index contributed by atoms with van der Waals surface area (Å²) in [5.74, 6) is 5.54. The van der Waals surface area contributed by atoms with Gasteiger partial charge < -0.3 is 5.73 Å². The Morgan fingerprint density at radius 2 is 2.21 bits per heavy atom. The van der Waals surface area contributed by atoms with Crippen molar-refractivity contribution in [3.05, 3.63) is 35.1 Å². The third kappa shape index (κ3) is 3.34. The Labute approximate surface area is 114 Å². The summed E-state index contributed by atoms with van der Waals surface area (Å²) in [6, 6.07) is 4.84. The van der Waals surface area contributed by atoms with E-state index in [9.17, 15) is 4.39 Å². The zero-order chi connectivity index (χ0) is 13.9. The lowest BCUT2D eigenvalue weighted by Gasteiger charge is -2.31. The summed E-state index contributed by atoms with van der Waals surface area (Å²) in [4.78, 5) is 2.44. The lowest BCUT2D eigenvalue weighted by molar-refractivity contribution is 0.166. The molecular formula is C16H21FN2.